The number of halogens is 2. The molecule has 2 aliphatic heterocycles. The van der Waals surface area contributed by atoms with Crippen molar-refractivity contribution >= 4 is 0 Å². The monoisotopic (exact) mass is 225 g/mol. The molecule has 0 saturated carbocycles. The zero-order valence-electron chi connectivity index (χ0n) is 8.85. The Labute approximate surface area is 92.6 Å². The highest BCUT2D eigenvalue weighted by molar-refractivity contribution is 5.43. The van der Waals surface area contributed by atoms with Gasteiger partial charge in [0.25, 0.3) is 0 Å². The van der Waals surface area contributed by atoms with Gasteiger partial charge in [0.2, 0.25) is 0 Å². The maximum absolute atomic E-state index is 14.1. The van der Waals surface area contributed by atoms with Gasteiger partial charge in [-0.1, -0.05) is 0 Å². The van der Waals surface area contributed by atoms with Crippen LogP contribution in [0.1, 0.15) is 30.0 Å². The first-order valence-corrected chi connectivity index (χ1v) is 5.64. The maximum Gasteiger partial charge on any atom is 0.165 e. The number of ether oxygens (including phenoxy) is 1. The zero-order valence-corrected chi connectivity index (χ0v) is 8.85. The number of rotatable bonds is 1. The predicted molar refractivity (Wildman–Crippen MR) is 55.5 cm³/mol. The van der Waals surface area contributed by atoms with Crippen molar-refractivity contribution < 1.29 is 13.5 Å². The quantitative estimate of drug-likeness (QED) is 0.792. The molecule has 4 heteroatoms. The van der Waals surface area contributed by atoms with E-state index in [1.807, 2.05) is 0 Å². The van der Waals surface area contributed by atoms with E-state index in [9.17, 15) is 8.78 Å². The molecule has 0 unspecified atom stereocenters. The standard InChI is InChI=1S/C12H13F2NO/c13-9-6-8(10-2-1-4-15-10)11(14)7-3-5-16-12(7)9/h6,10,15H,1-5H2/t10-/m0/s1. The molecule has 1 saturated heterocycles. The van der Waals surface area contributed by atoms with Gasteiger partial charge in [-0.05, 0) is 25.5 Å². The summed E-state index contributed by atoms with van der Waals surface area (Å²) < 4.78 is 32.9. The van der Waals surface area contributed by atoms with E-state index in [4.69, 9.17) is 4.74 Å². The van der Waals surface area contributed by atoms with E-state index in [1.54, 1.807) is 0 Å². The van der Waals surface area contributed by atoms with Gasteiger partial charge in [0.15, 0.2) is 11.6 Å². The van der Waals surface area contributed by atoms with E-state index in [-0.39, 0.29) is 17.6 Å². The Morgan fingerprint density at radius 3 is 3.00 bits per heavy atom. The summed E-state index contributed by atoms with van der Waals surface area (Å²) in [6, 6.07) is 1.24. The maximum atomic E-state index is 14.1. The van der Waals surface area contributed by atoms with Crippen molar-refractivity contribution in [2.75, 3.05) is 13.2 Å². The smallest absolute Gasteiger partial charge is 0.165 e. The summed E-state index contributed by atoms with van der Waals surface area (Å²) in [4.78, 5) is 0. The van der Waals surface area contributed by atoms with Crippen LogP contribution in [0.15, 0.2) is 6.07 Å². The lowest BCUT2D eigenvalue weighted by atomic mass is 10.00. The normalized spacial score (nSPS) is 23.2. The molecule has 0 aromatic heterocycles. The molecule has 0 bridgehead atoms. The molecule has 1 N–H and O–H groups in total. The number of hydrogen-bond donors (Lipinski definition) is 1. The Kier molecular flexibility index (Phi) is 2.32. The van der Waals surface area contributed by atoms with E-state index in [0.717, 1.165) is 19.4 Å². The fourth-order valence-corrected chi connectivity index (χ4v) is 2.52. The van der Waals surface area contributed by atoms with Crippen molar-refractivity contribution in [1.29, 1.82) is 0 Å². The van der Waals surface area contributed by atoms with Crippen molar-refractivity contribution in [3.63, 3.8) is 0 Å². The minimum absolute atomic E-state index is 0.0413. The molecule has 2 nitrogen and oxygen atoms in total. The molecule has 3 rings (SSSR count). The van der Waals surface area contributed by atoms with Gasteiger partial charge >= 0.3 is 0 Å². The third-order valence-corrected chi connectivity index (χ3v) is 3.33. The van der Waals surface area contributed by atoms with Gasteiger partial charge in [0, 0.05) is 23.6 Å². The van der Waals surface area contributed by atoms with Crippen LogP contribution in [0, 0.1) is 11.6 Å². The minimum Gasteiger partial charge on any atom is -0.490 e. The van der Waals surface area contributed by atoms with Gasteiger partial charge in [0.1, 0.15) is 5.82 Å². The van der Waals surface area contributed by atoms with Crippen LogP contribution in [0.25, 0.3) is 0 Å². The molecule has 1 atom stereocenters. The van der Waals surface area contributed by atoms with Crippen LogP contribution in [0.3, 0.4) is 0 Å². The summed E-state index contributed by atoms with van der Waals surface area (Å²) in [7, 11) is 0. The summed E-state index contributed by atoms with van der Waals surface area (Å²) >= 11 is 0. The second-order valence-electron chi connectivity index (χ2n) is 4.32. The second kappa shape index (κ2) is 3.70. The Morgan fingerprint density at radius 2 is 2.25 bits per heavy atom. The molecular weight excluding hydrogens is 212 g/mol. The molecular formula is C12H13F2NO. The molecule has 86 valence electrons. The highest BCUT2D eigenvalue weighted by atomic mass is 19.1. The summed E-state index contributed by atoms with van der Waals surface area (Å²) in [5.41, 5.74) is 0.864. The second-order valence-corrected chi connectivity index (χ2v) is 4.32. The lowest BCUT2D eigenvalue weighted by Crippen LogP contribution is -2.15. The zero-order chi connectivity index (χ0) is 11.1. The van der Waals surface area contributed by atoms with Gasteiger partial charge in [-0.3, -0.25) is 0 Å². The van der Waals surface area contributed by atoms with Crippen LogP contribution in [-0.4, -0.2) is 13.2 Å². The molecule has 0 aliphatic carbocycles. The molecule has 0 spiro atoms. The van der Waals surface area contributed by atoms with Gasteiger partial charge in [-0.2, -0.15) is 0 Å². The fourth-order valence-electron chi connectivity index (χ4n) is 2.52. The van der Waals surface area contributed by atoms with Crippen LogP contribution in [0.4, 0.5) is 8.78 Å². The molecule has 0 radical (unpaired) electrons. The molecule has 1 aromatic carbocycles. The number of benzene rings is 1. The SMILES string of the molecule is Fc1cc([C@@H]2CCCN2)c(F)c2c1OCC2. The molecule has 1 fully saturated rings. The van der Waals surface area contributed by atoms with Gasteiger partial charge in [-0.25, -0.2) is 8.78 Å². The number of fused-ring (bicyclic) bond motifs is 1. The minimum atomic E-state index is -0.433. The average Bonchev–Trinajstić information content (AvgIpc) is 2.92. The average molecular weight is 225 g/mol. The largest absolute Gasteiger partial charge is 0.490 e. The number of hydrogen-bond acceptors (Lipinski definition) is 2. The molecule has 1 aromatic rings. The van der Waals surface area contributed by atoms with E-state index >= 15 is 0 Å². The van der Waals surface area contributed by atoms with Crippen LogP contribution >= 0.6 is 0 Å². The Hall–Kier alpha value is -1.16. The van der Waals surface area contributed by atoms with Crippen molar-refractivity contribution in [3.05, 3.63) is 28.8 Å². The van der Waals surface area contributed by atoms with Crippen molar-refractivity contribution in [1.82, 2.24) is 5.32 Å². The Bertz CT molecular complexity index is 428. The first-order valence-electron chi connectivity index (χ1n) is 5.64. The van der Waals surface area contributed by atoms with Gasteiger partial charge < -0.3 is 10.1 Å². The van der Waals surface area contributed by atoms with E-state index in [0.29, 0.717) is 24.2 Å². The Balaban J connectivity index is 2.08. The van der Waals surface area contributed by atoms with Gasteiger partial charge in [0.05, 0.1) is 6.61 Å². The van der Waals surface area contributed by atoms with Crippen molar-refractivity contribution in [2.45, 2.75) is 25.3 Å². The van der Waals surface area contributed by atoms with E-state index in [1.165, 1.54) is 6.07 Å². The summed E-state index contributed by atoms with van der Waals surface area (Å²) in [6.45, 7) is 1.25. The fraction of sp³-hybridized carbons (Fsp3) is 0.500. The molecule has 2 heterocycles. The molecule has 2 aliphatic rings. The highest BCUT2D eigenvalue weighted by Gasteiger charge is 2.28. The first kappa shape index (κ1) is 10.0. The first-order chi connectivity index (χ1) is 7.77. The van der Waals surface area contributed by atoms with Crippen LogP contribution in [0.5, 0.6) is 5.75 Å². The number of nitrogens with one attached hydrogen (secondary N) is 1. The topological polar surface area (TPSA) is 21.3 Å². The van der Waals surface area contributed by atoms with Crippen molar-refractivity contribution in [2.24, 2.45) is 0 Å². The lowest BCUT2D eigenvalue weighted by Gasteiger charge is -2.14. The van der Waals surface area contributed by atoms with Crippen LogP contribution < -0.4 is 10.1 Å². The third kappa shape index (κ3) is 1.40. The summed E-state index contributed by atoms with van der Waals surface area (Å²) in [5.74, 6) is -0.606. The van der Waals surface area contributed by atoms with E-state index in [2.05, 4.69) is 5.32 Å². The summed E-state index contributed by atoms with van der Waals surface area (Å²) in [6.07, 6.45) is 2.36. The lowest BCUT2D eigenvalue weighted by molar-refractivity contribution is 0.338. The van der Waals surface area contributed by atoms with Crippen LogP contribution in [0.2, 0.25) is 0 Å². The Morgan fingerprint density at radius 1 is 1.38 bits per heavy atom. The highest BCUT2D eigenvalue weighted by Crippen LogP contribution is 2.36. The predicted octanol–water partition coefficient (Wildman–Crippen LogP) is 2.32. The van der Waals surface area contributed by atoms with Crippen molar-refractivity contribution in [3.8, 4) is 5.75 Å². The molecule has 16 heavy (non-hydrogen) atoms. The van der Waals surface area contributed by atoms with Crippen LogP contribution in [-0.2, 0) is 6.42 Å². The van der Waals surface area contributed by atoms with Gasteiger partial charge in [-0.15, -0.1) is 0 Å². The molecule has 0 amide bonds. The summed E-state index contributed by atoms with van der Waals surface area (Å²) in [5, 5.41) is 3.18. The van der Waals surface area contributed by atoms with E-state index < -0.39 is 5.82 Å². The third-order valence-electron chi connectivity index (χ3n) is 3.33.